The van der Waals surface area contributed by atoms with Crippen molar-refractivity contribution in [2.45, 2.75) is 32.6 Å². The van der Waals surface area contributed by atoms with E-state index in [0.717, 1.165) is 32.5 Å². The van der Waals surface area contributed by atoms with Crippen molar-refractivity contribution in [2.75, 3.05) is 23.8 Å². The van der Waals surface area contributed by atoms with E-state index in [1.807, 2.05) is 0 Å². The highest BCUT2D eigenvalue weighted by molar-refractivity contribution is 6.14. The number of benzene rings is 1. The number of anilines is 2. The summed E-state index contributed by atoms with van der Waals surface area (Å²) >= 11 is 0. The number of nitrogens with zero attached hydrogens (tertiary/aromatic N) is 1. The molecule has 1 aliphatic rings. The first-order chi connectivity index (χ1) is 10.1. The van der Waals surface area contributed by atoms with Gasteiger partial charge in [0.2, 0.25) is 11.8 Å². The lowest BCUT2D eigenvalue weighted by atomic mass is 9.94. The maximum Gasteiger partial charge on any atom is 0.233 e. The first kappa shape index (κ1) is 15.5. The Labute approximate surface area is 125 Å². The first-order valence-corrected chi connectivity index (χ1v) is 7.34. The summed E-state index contributed by atoms with van der Waals surface area (Å²) in [6, 6.07) is 6.78. The summed E-state index contributed by atoms with van der Waals surface area (Å²) in [6.45, 7) is 2.95. The second-order valence-electron chi connectivity index (χ2n) is 5.43. The van der Waals surface area contributed by atoms with Crippen LogP contribution < -0.4 is 10.6 Å². The van der Waals surface area contributed by atoms with Gasteiger partial charge in [0.05, 0.1) is 5.69 Å². The van der Waals surface area contributed by atoms with Gasteiger partial charge in [-0.25, -0.2) is 0 Å². The molecular weight excluding hydrogens is 268 g/mol. The fourth-order valence-corrected chi connectivity index (χ4v) is 2.60. The SMILES string of the molecule is CC(=O)N(C(=O)CCC1CCOCC1)c1ccc(N)cc1. The standard InChI is InChI=1S/C16H22N2O3/c1-12(19)18(15-5-3-14(17)4-6-15)16(20)7-2-13-8-10-21-11-9-13/h3-6,13H,2,7-11,17H2,1H3. The second-order valence-corrected chi connectivity index (χ2v) is 5.43. The van der Waals surface area contributed by atoms with Crippen LogP contribution in [0.5, 0.6) is 0 Å². The Balaban J connectivity index is 1.98. The van der Waals surface area contributed by atoms with Gasteiger partial charge in [-0.15, -0.1) is 0 Å². The van der Waals surface area contributed by atoms with E-state index in [4.69, 9.17) is 10.5 Å². The number of nitrogen functional groups attached to an aromatic ring is 1. The molecule has 0 saturated carbocycles. The van der Waals surface area contributed by atoms with E-state index in [0.29, 0.717) is 23.7 Å². The summed E-state index contributed by atoms with van der Waals surface area (Å²) < 4.78 is 5.31. The van der Waals surface area contributed by atoms with Gasteiger partial charge in [-0.3, -0.25) is 14.5 Å². The average molecular weight is 290 g/mol. The number of amides is 2. The van der Waals surface area contributed by atoms with Crippen molar-refractivity contribution in [2.24, 2.45) is 5.92 Å². The van der Waals surface area contributed by atoms with Crippen molar-refractivity contribution in [3.8, 4) is 0 Å². The van der Waals surface area contributed by atoms with Crippen LogP contribution in [0.25, 0.3) is 0 Å². The van der Waals surface area contributed by atoms with E-state index < -0.39 is 0 Å². The first-order valence-electron chi connectivity index (χ1n) is 7.34. The number of ether oxygens (including phenoxy) is 1. The molecular formula is C16H22N2O3. The van der Waals surface area contributed by atoms with Gasteiger partial charge >= 0.3 is 0 Å². The number of hydrogen-bond acceptors (Lipinski definition) is 4. The third-order valence-electron chi connectivity index (χ3n) is 3.82. The van der Waals surface area contributed by atoms with E-state index in [1.54, 1.807) is 24.3 Å². The number of carbonyl (C=O) groups excluding carboxylic acids is 2. The van der Waals surface area contributed by atoms with Crippen molar-refractivity contribution in [1.82, 2.24) is 0 Å². The predicted octanol–water partition coefficient (Wildman–Crippen LogP) is 2.36. The molecule has 2 amide bonds. The molecule has 0 radical (unpaired) electrons. The Hall–Kier alpha value is -1.88. The minimum atomic E-state index is -0.267. The lowest BCUT2D eigenvalue weighted by Crippen LogP contribution is -2.35. The summed E-state index contributed by atoms with van der Waals surface area (Å²) in [7, 11) is 0. The van der Waals surface area contributed by atoms with Crippen LogP contribution in [-0.2, 0) is 14.3 Å². The molecule has 0 bridgehead atoms. The topological polar surface area (TPSA) is 72.6 Å². The molecule has 114 valence electrons. The van der Waals surface area contributed by atoms with E-state index in [-0.39, 0.29) is 11.8 Å². The molecule has 0 aromatic heterocycles. The molecule has 1 aliphatic heterocycles. The molecule has 0 atom stereocenters. The highest BCUT2D eigenvalue weighted by Gasteiger charge is 2.22. The van der Waals surface area contributed by atoms with Gasteiger partial charge in [0.25, 0.3) is 0 Å². The number of carbonyl (C=O) groups is 2. The fraction of sp³-hybridized carbons (Fsp3) is 0.500. The number of nitrogens with two attached hydrogens (primary N) is 1. The maximum atomic E-state index is 12.4. The zero-order valence-electron chi connectivity index (χ0n) is 12.4. The quantitative estimate of drug-likeness (QED) is 0.864. The monoisotopic (exact) mass is 290 g/mol. The number of rotatable bonds is 4. The summed E-state index contributed by atoms with van der Waals surface area (Å²) in [6.07, 6.45) is 3.18. The molecule has 0 spiro atoms. The fourth-order valence-electron chi connectivity index (χ4n) is 2.60. The molecule has 0 aliphatic carbocycles. The van der Waals surface area contributed by atoms with Gasteiger partial charge in [0, 0.05) is 32.2 Å². The van der Waals surface area contributed by atoms with E-state index >= 15 is 0 Å². The van der Waals surface area contributed by atoms with Crippen LogP contribution in [0.3, 0.4) is 0 Å². The smallest absolute Gasteiger partial charge is 0.233 e. The number of hydrogen-bond donors (Lipinski definition) is 1. The summed E-state index contributed by atoms with van der Waals surface area (Å²) in [5.41, 5.74) is 6.82. The van der Waals surface area contributed by atoms with Crippen molar-refractivity contribution in [3.63, 3.8) is 0 Å². The minimum Gasteiger partial charge on any atom is -0.399 e. The molecule has 1 aromatic carbocycles. The second kappa shape index (κ2) is 7.22. The van der Waals surface area contributed by atoms with E-state index in [9.17, 15) is 9.59 Å². The zero-order chi connectivity index (χ0) is 15.2. The molecule has 5 nitrogen and oxygen atoms in total. The van der Waals surface area contributed by atoms with Crippen LogP contribution >= 0.6 is 0 Å². The molecule has 1 saturated heterocycles. The van der Waals surface area contributed by atoms with Crippen molar-refractivity contribution in [1.29, 1.82) is 0 Å². The van der Waals surface area contributed by atoms with Crippen molar-refractivity contribution >= 4 is 23.2 Å². The highest BCUT2D eigenvalue weighted by atomic mass is 16.5. The molecule has 1 aromatic rings. The zero-order valence-corrected chi connectivity index (χ0v) is 12.4. The predicted molar refractivity (Wildman–Crippen MR) is 81.8 cm³/mol. The van der Waals surface area contributed by atoms with Gasteiger partial charge in [-0.05, 0) is 49.4 Å². The number of imide groups is 1. The average Bonchev–Trinajstić information content (AvgIpc) is 2.48. The Morgan fingerprint density at radius 3 is 2.43 bits per heavy atom. The Kier molecular flexibility index (Phi) is 5.33. The molecule has 2 N–H and O–H groups in total. The lowest BCUT2D eigenvalue weighted by molar-refractivity contribution is -0.125. The maximum absolute atomic E-state index is 12.4. The normalized spacial score (nSPS) is 15.7. The molecule has 5 heteroatoms. The Morgan fingerprint density at radius 1 is 1.24 bits per heavy atom. The van der Waals surface area contributed by atoms with Gasteiger partial charge in [0.1, 0.15) is 0 Å². The van der Waals surface area contributed by atoms with Crippen molar-refractivity contribution < 1.29 is 14.3 Å². The van der Waals surface area contributed by atoms with Crippen LogP contribution in [0.1, 0.15) is 32.6 Å². The lowest BCUT2D eigenvalue weighted by Gasteiger charge is -2.24. The third kappa shape index (κ3) is 4.29. The third-order valence-corrected chi connectivity index (χ3v) is 3.82. The van der Waals surface area contributed by atoms with Crippen LogP contribution in [0.4, 0.5) is 11.4 Å². The Bertz CT molecular complexity index is 493. The molecule has 1 fully saturated rings. The largest absolute Gasteiger partial charge is 0.399 e. The van der Waals surface area contributed by atoms with Gasteiger partial charge in [0.15, 0.2) is 0 Å². The van der Waals surface area contributed by atoms with Gasteiger partial charge < -0.3 is 10.5 Å². The molecule has 1 heterocycles. The van der Waals surface area contributed by atoms with Crippen LogP contribution in [0, 0.1) is 5.92 Å². The highest BCUT2D eigenvalue weighted by Crippen LogP contribution is 2.23. The van der Waals surface area contributed by atoms with E-state index in [1.165, 1.54) is 11.8 Å². The molecule has 0 unspecified atom stereocenters. The van der Waals surface area contributed by atoms with E-state index in [2.05, 4.69) is 0 Å². The van der Waals surface area contributed by atoms with Gasteiger partial charge in [-0.1, -0.05) is 0 Å². The molecule has 2 rings (SSSR count). The molecule has 21 heavy (non-hydrogen) atoms. The van der Waals surface area contributed by atoms with Crippen molar-refractivity contribution in [3.05, 3.63) is 24.3 Å². The van der Waals surface area contributed by atoms with Crippen LogP contribution in [0.15, 0.2) is 24.3 Å². The van der Waals surface area contributed by atoms with Crippen LogP contribution in [0.2, 0.25) is 0 Å². The van der Waals surface area contributed by atoms with Gasteiger partial charge in [-0.2, -0.15) is 0 Å². The minimum absolute atomic E-state index is 0.154. The Morgan fingerprint density at radius 2 is 1.86 bits per heavy atom. The van der Waals surface area contributed by atoms with Crippen LogP contribution in [-0.4, -0.2) is 25.0 Å². The summed E-state index contributed by atoms with van der Waals surface area (Å²) in [4.78, 5) is 25.4. The summed E-state index contributed by atoms with van der Waals surface area (Å²) in [5.74, 6) is 0.0958. The summed E-state index contributed by atoms with van der Waals surface area (Å²) in [5, 5.41) is 0.